The number of halogens is 1. The molecule has 0 atom stereocenters. The Kier molecular flexibility index (Phi) is 9.10. The molecule has 68 valence electrons. The first-order valence-electron chi connectivity index (χ1n) is 3.31. The maximum atomic E-state index is 10.1. The highest BCUT2D eigenvalue weighted by Gasteiger charge is 1.91. The summed E-state index contributed by atoms with van der Waals surface area (Å²) in [5, 5.41) is 2.51. The molecule has 0 saturated carbocycles. The van der Waals surface area contributed by atoms with Crippen molar-refractivity contribution in [3.8, 4) is 0 Å². The van der Waals surface area contributed by atoms with Crippen LogP contribution >= 0.6 is 12.4 Å². The number of nitrogens with two attached hydrogens (primary N) is 1. The smallest absolute Gasteiger partial charge is 0.312 e. The Bertz CT molecular complexity index is 108. The molecule has 11 heavy (non-hydrogen) atoms. The van der Waals surface area contributed by atoms with Gasteiger partial charge in [0.15, 0.2) is 0 Å². The highest BCUT2D eigenvalue weighted by atomic mass is 35.5. The van der Waals surface area contributed by atoms with Crippen LogP contribution in [0.4, 0.5) is 4.79 Å². The van der Waals surface area contributed by atoms with Crippen molar-refractivity contribution >= 4 is 18.4 Å². The van der Waals surface area contributed by atoms with Crippen LogP contribution in [-0.2, 0) is 0 Å². The Labute approximate surface area is 73.5 Å². The van der Waals surface area contributed by atoms with Crippen LogP contribution in [0.1, 0.15) is 6.42 Å². The van der Waals surface area contributed by atoms with Crippen molar-refractivity contribution < 1.29 is 4.79 Å². The second-order valence-electron chi connectivity index (χ2n) is 2.45. The molecule has 0 aliphatic rings. The van der Waals surface area contributed by atoms with E-state index in [0.717, 1.165) is 13.0 Å². The third-order valence-corrected chi connectivity index (χ3v) is 1.08. The van der Waals surface area contributed by atoms with Gasteiger partial charge in [0.1, 0.15) is 0 Å². The Balaban J connectivity index is 0. The van der Waals surface area contributed by atoms with Crippen LogP contribution in [0.5, 0.6) is 0 Å². The van der Waals surface area contributed by atoms with Crippen molar-refractivity contribution in [2.24, 2.45) is 5.73 Å². The average molecular weight is 182 g/mol. The van der Waals surface area contributed by atoms with Crippen molar-refractivity contribution in [1.82, 2.24) is 10.2 Å². The van der Waals surface area contributed by atoms with Crippen LogP contribution in [-0.4, -0.2) is 38.1 Å². The lowest BCUT2D eigenvalue weighted by molar-refractivity contribution is 0.248. The Morgan fingerprint density at radius 1 is 1.55 bits per heavy atom. The van der Waals surface area contributed by atoms with Crippen molar-refractivity contribution in [2.75, 3.05) is 27.2 Å². The average Bonchev–Trinajstić information content (AvgIpc) is 1.79. The molecule has 0 aliphatic carbocycles. The molecule has 3 N–H and O–H groups in total. The zero-order chi connectivity index (χ0) is 7.98. The minimum atomic E-state index is -0.446. The van der Waals surface area contributed by atoms with E-state index in [1.54, 1.807) is 0 Å². The number of urea groups is 1. The van der Waals surface area contributed by atoms with Crippen molar-refractivity contribution in [1.29, 1.82) is 0 Å². The molecule has 0 heterocycles. The molecule has 0 bridgehead atoms. The fraction of sp³-hybridized carbons (Fsp3) is 0.833. The van der Waals surface area contributed by atoms with E-state index >= 15 is 0 Å². The second kappa shape index (κ2) is 7.63. The van der Waals surface area contributed by atoms with Gasteiger partial charge in [0, 0.05) is 6.54 Å². The summed E-state index contributed by atoms with van der Waals surface area (Å²) in [6, 6.07) is -0.446. The zero-order valence-corrected chi connectivity index (χ0v) is 7.78. The molecule has 0 spiro atoms. The Hall–Kier alpha value is -0.480. The number of amides is 2. The molecule has 0 unspecified atom stereocenters. The molecule has 0 aromatic carbocycles. The molecule has 2 amide bonds. The van der Waals surface area contributed by atoms with Gasteiger partial charge in [-0.25, -0.2) is 4.79 Å². The Morgan fingerprint density at radius 3 is 2.45 bits per heavy atom. The minimum absolute atomic E-state index is 0. The molecule has 0 aromatic heterocycles. The second-order valence-corrected chi connectivity index (χ2v) is 2.45. The van der Waals surface area contributed by atoms with E-state index in [1.807, 2.05) is 14.1 Å². The van der Waals surface area contributed by atoms with Crippen molar-refractivity contribution in [2.45, 2.75) is 6.42 Å². The minimum Gasteiger partial charge on any atom is -0.352 e. The van der Waals surface area contributed by atoms with Gasteiger partial charge < -0.3 is 16.0 Å². The van der Waals surface area contributed by atoms with E-state index in [2.05, 4.69) is 10.2 Å². The largest absolute Gasteiger partial charge is 0.352 e. The highest BCUT2D eigenvalue weighted by Crippen LogP contribution is 1.79. The van der Waals surface area contributed by atoms with Crippen molar-refractivity contribution in [3.63, 3.8) is 0 Å². The molecule has 5 heteroatoms. The number of carbonyl (C=O) groups is 1. The lowest BCUT2D eigenvalue weighted by Gasteiger charge is -2.08. The van der Waals surface area contributed by atoms with Crippen LogP contribution in [0.15, 0.2) is 0 Å². The topological polar surface area (TPSA) is 58.4 Å². The van der Waals surface area contributed by atoms with Gasteiger partial charge in [0.25, 0.3) is 0 Å². The lowest BCUT2D eigenvalue weighted by atomic mass is 10.4. The van der Waals surface area contributed by atoms with Crippen molar-refractivity contribution in [3.05, 3.63) is 0 Å². The van der Waals surface area contributed by atoms with Gasteiger partial charge in [-0.1, -0.05) is 0 Å². The van der Waals surface area contributed by atoms with Gasteiger partial charge in [0.05, 0.1) is 0 Å². The molecule has 4 nitrogen and oxygen atoms in total. The number of nitrogens with one attached hydrogen (secondary N) is 1. The predicted octanol–water partition coefficient (Wildman–Crippen LogP) is 0.0282. The van der Waals surface area contributed by atoms with Crippen LogP contribution in [0.3, 0.4) is 0 Å². The summed E-state index contributed by atoms with van der Waals surface area (Å²) in [6.07, 6.45) is 0.940. The van der Waals surface area contributed by atoms with E-state index < -0.39 is 6.03 Å². The number of hydrogen-bond donors (Lipinski definition) is 2. The molecular weight excluding hydrogens is 166 g/mol. The Morgan fingerprint density at radius 2 is 2.09 bits per heavy atom. The summed E-state index contributed by atoms with van der Waals surface area (Å²) in [7, 11) is 3.98. The highest BCUT2D eigenvalue weighted by molar-refractivity contribution is 5.85. The summed E-state index contributed by atoms with van der Waals surface area (Å²) in [6.45, 7) is 1.63. The molecular formula is C6H16ClN3O. The number of carbonyl (C=O) groups excluding carboxylic acids is 1. The third kappa shape index (κ3) is 12.7. The van der Waals surface area contributed by atoms with Gasteiger partial charge in [-0.05, 0) is 27.1 Å². The van der Waals surface area contributed by atoms with Gasteiger partial charge in [-0.2, -0.15) is 0 Å². The molecule has 0 aromatic rings. The fourth-order valence-corrected chi connectivity index (χ4v) is 0.607. The van der Waals surface area contributed by atoms with E-state index in [4.69, 9.17) is 5.73 Å². The fourth-order valence-electron chi connectivity index (χ4n) is 0.607. The molecule has 0 saturated heterocycles. The van der Waals surface area contributed by atoms with Crippen LogP contribution in [0.2, 0.25) is 0 Å². The summed E-state index contributed by atoms with van der Waals surface area (Å²) >= 11 is 0. The maximum absolute atomic E-state index is 10.1. The maximum Gasteiger partial charge on any atom is 0.312 e. The third-order valence-electron chi connectivity index (χ3n) is 1.08. The van der Waals surface area contributed by atoms with Gasteiger partial charge in [0.2, 0.25) is 0 Å². The first-order valence-corrected chi connectivity index (χ1v) is 3.31. The van der Waals surface area contributed by atoms with Gasteiger partial charge in [-0.3, -0.25) is 0 Å². The molecule has 0 radical (unpaired) electrons. The lowest BCUT2D eigenvalue weighted by Crippen LogP contribution is -2.31. The van der Waals surface area contributed by atoms with E-state index in [1.165, 1.54) is 0 Å². The number of rotatable bonds is 4. The summed E-state index contributed by atoms with van der Waals surface area (Å²) in [4.78, 5) is 12.2. The van der Waals surface area contributed by atoms with Gasteiger partial charge in [-0.15, -0.1) is 12.4 Å². The molecule has 0 rings (SSSR count). The summed E-state index contributed by atoms with van der Waals surface area (Å²) in [5.74, 6) is 0. The number of primary amides is 1. The standard InChI is InChI=1S/C6H15N3O.ClH/c1-9(2)5-3-4-8-6(7)10;/h3-5H2,1-2H3,(H3,7,8,10);1H. The SMILES string of the molecule is CN(C)CCCNC(N)=O.Cl. The van der Waals surface area contributed by atoms with Crippen LogP contribution in [0, 0.1) is 0 Å². The number of nitrogens with zero attached hydrogens (tertiary/aromatic N) is 1. The number of hydrogen-bond acceptors (Lipinski definition) is 2. The molecule has 0 fully saturated rings. The predicted molar refractivity (Wildman–Crippen MR) is 48.0 cm³/mol. The van der Waals surface area contributed by atoms with Crippen LogP contribution in [0.25, 0.3) is 0 Å². The first-order chi connectivity index (χ1) is 4.63. The normalized spacial score (nSPS) is 9.00. The van der Waals surface area contributed by atoms with E-state index in [0.29, 0.717) is 6.54 Å². The summed E-state index contributed by atoms with van der Waals surface area (Å²) < 4.78 is 0. The van der Waals surface area contributed by atoms with Crippen LogP contribution < -0.4 is 11.1 Å². The monoisotopic (exact) mass is 181 g/mol. The summed E-state index contributed by atoms with van der Waals surface area (Å²) in [5.41, 5.74) is 4.85. The zero-order valence-electron chi connectivity index (χ0n) is 6.96. The van der Waals surface area contributed by atoms with E-state index in [9.17, 15) is 4.79 Å². The van der Waals surface area contributed by atoms with Gasteiger partial charge >= 0.3 is 6.03 Å². The van der Waals surface area contributed by atoms with E-state index in [-0.39, 0.29) is 12.4 Å². The quantitative estimate of drug-likeness (QED) is 0.602. The first kappa shape index (κ1) is 13.1. The molecule has 0 aliphatic heterocycles.